The van der Waals surface area contributed by atoms with Gasteiger partial charge in [0, 0.05) is 41.3 Å². The normalized spacial score (nSPS) is 13.8. The largest absolute Gasteiger partial charge is 0.493 e. The van der Waals surface area contributed by atoms with E-state index in [0.717, 1.165) is 34.3 Å². The van der Waals surface area contributed by atoms with Gasteiger partial charge in [0.15, 0.2) is 11.5 Å². The first-order valence-electron chi connectivity index (χ1n) is 12.4. The molecule has 2 heterocycles. The van der Waals surface area contributed by atoms with E-state index in [9.17, 15) is 9.59 Å². The molecular weight excluding hydrogens is 534 g/mol. The van der Waals surface area contributed by atoms with Crippen molar-refractivity contribution in [2.45, 2.75) is 32.1 Å². The highest BCUT2D eigenvalue weighted by Gasteiger charge is 2.28. The quantitative estimate of drug-likeness (QED) is 0.408. The average molecular weight is 566 g/mol. The number of piperidine rings is 1. The molecule has 1 aliphatic rings. The van der Waals surface area contributed by atoms with Gasteiger partial charge < -0.3 is 19.7 Å². The van der Waals surface area contributed by atoms with Crippen LogP contribution in [0.2, 0.25) is 0 Å². The number of likely N-dealkylation sites (tertiary alicyclic amines) is 1. The van der Waals surface area contributed by atoms with Crippen molar-refractivity contribution in [3.8, 4) is 11.5 Å². The van der Waals surface area contributed by atoms with E-state index in [2.05, 4.69) is 21.2 Å². The van der Waals surface area contributed by atoms with Crippen LogP contribution < -0.4 is 14.8 Å². The Bertz CT molecular complexity index is 1270. The molecule has 2 amide bonds. The maximum absolute atomic E-state index is 13.2. The van der Waals surface area contributed by atoms with Crippen LogP contribution in [-0.2, 0) is 6.42 Å². The van der Waals surface area contributed by atoms with Crippen molar-refractivity contribution >= 4 is 27.7 Å². The van der Waals surface area contributed by atoms with Crippen LogP contribution in [0, 0.1) is 6.92 Å². The maximum atomic E-state index is 13.2. The summed E-state index contributed by atoms with van der Waals surface area (Å²) in [7, 11) is 3.21. The summed E-state index contributed by atoms with van der Waals surface area (Å²) in [6.45, 7) is 3.69. The Balaban J connectivity index is 1.39. The Labute approximate surface area is 226 Å². The summed E-state index contributed by atoms with van der Waals surface area (Å²) in [4.78, 5) is 32.8. The summed E-state index contributed by atoms with van der Waals surface area (Å²) < 4.78 is 11.6. The van der Waals surface area contributed by atoms with Gasteiger partial charge in [-0.3, -0.25) is 14.6 Å². The first kappa shape index (κ1) is 26.7. The number of aryl methyl sites for hydroxylation is 1. The van der Waals surface area contributed by atoms with Crippen LogP contribution in [0.5, 0.6) is 11.5 Å². The molecule has 3 aromatic rings. The molecule has 0 saturated carbocycles. The van der Waals surface area contributed by atoms with Gasteiger partial charge in [-0.25, -0.2) is 0 Å². The van der Waals surface area contributed by atoms with Crippen LogP contribution in [0.15, 0.2) is 59.1 Å². The summed E-state index contributed by atoms with van der Waals surface area (Å²) in [5, 5.41) is 3.05. The van der Waals surface area contributed by atoms with Crippen molar-refractivity contribution in [3.63, 3.8) is 0 Å². The number of nitrogens with zero attached hydrogens (tertiary/aromatic N) is 2. The summed E-state index contributed by atoms with van der Waals surface area (Å²) in [5.74, 6) is 1.37. The summed E-state index contributed by atoms with van der Waals surface area (Å²) >= 11 is 3.44. The number of nitrogens with one attached hydrogen (secondary N) is 1. The second-order valence-electron chi connectivity index (χ2n) is 9.16. The van der Waals surface area contributed by atoms with Crippen LogP contribution >= 0.6 is 15.9 Å². The first-order chi connectivity index (χ1) is 17.9. The van der Waals surface area contributed by atoms with E-state index in [4.69, 9.17) is 14.5 Å². The minimum atomic E-state index is -0.129. The number of aromatic nitrogens is 1. The number of hydrogen-bond acceptors (Lipinski definition) is 5. The SMILES string of the molecule is COc1ccc(CCNC(=O)c2ccc(C)nc2C2CCN(C(=O)c3cccc(Br)c3)CC2)cc1OC. The second kappa shape index (κ2) is 12.2. The zero-order chi connectivity index (χ0) is 26.4. The lowest BCUT2D eigenvalue weighted by molar-refractivity contribution is 0.0710. The van der Waals surface area contributed by atoms with E-state index in [0.29, 0.717) is 48.7 Å². The van der Waals surface area contributed by atoms with Gasteiger partial charge in [-0.2, -0.15) is 0 Å². The Morgan fingerprint density at radius 1 is 1.03 bits per heavy atom. The smallest absolute Gasteiger partial charge is 0.253 e. The molecule has 37 heavy (non-hydrogen) atoms. The van der Waals surface area contributed by atoms with Crippen molar-refractivity contribution in [2.24, 2.45) is 0 Å². The van der Waals surface area contributed by atoms with Gasteiger partial charge in [-0.15, -0.1) is 0 Å². The molecule has 0 unspecified atom stereocenters. The van der Waals surface area contributed by atoms with Gasteiger partial charge in [0.25, 0.3) is 11.8 Å². The Morgan fingerprint density at radius 2 is 1.78 bits per heavy atom. The molecule has 1 saturated heterocycles. The van der Waals surface area contributed by atoms with Crippen molar-refractivity contribution in [2.75, 3.05) is 33.9 Å². The molecule has 1 aromatic heterocycles. The third-order valence-electron chi connectivity index (χ3n) is 6.70. The van der Waals surface area contributed by atoms with Gasteiger partial charge in [-0.1, -0.05) is 28.1 Å². The Morgan fingerprint density at radius 3 is 2.49 bits per heavy atom. The molecule has 8 heteroatoms. The van der Waals surface area contributed by atoms with E-state index in [1.807, 2.05) is 66.4 Å². The van der Waals surface area contributed by atoms with E-state index in [1.54, 1.807) is 14.2 Å². The molecule has 194 valence electrons. The minimum Gasteiger partial charge on any atom is -0.493 e. The monoisotopic (exact) mass is 565 g/mol. The van der Waals surface area contributed by atoms with Crippen LogP contribution in [0.1, 0.15) is 56.4 Å². The fraction of sp³-hybridized carbons (Fsp3) is 0.345. The van der Waals surface area contributed by atoms with Crippen LogP contribution in [0.4, 0.5) is 0 Å². The summed E-state index contributed by atoms with van der Waals surface area (Å²) in [6.07, 6.45) is 2.20. The lowest BCUT2D eigenvalue weighted by Crippen LogP contribution is -2.38. The second-order valence-corrected chi connectivity index (χ2v) is 10.1. The fourth-order valence-corrected chi connectivity index (χ4v) is 5.09. The molecule has 0 aliphatic carbocycles. The minimum absolute atomic E-state index is 0.0325. The average Bonchev–Trinajstić information content (AvgIpc) is 2.92. The molecule has 2 aromatic carbocycles. The zero-order valence-corrected chi connectivity index (χ0v) is 23.0. The van der Waals surface area contributed by atoms with Gasteiger partial charge in [0.2, 0.25) is 0 Å². The number of benzene rings is 2. The molecular formula is C29H32BrN3O4. The topological polar surface area (TPSA) is 80.8 Å². The molecule has 0 spiro atoms. The fourth-order valence-electron chi connectivity index (χ4n) is 4.69. The van der Waals surface area contributed by atoms with Gasteiger partial charge >= 0.3 is 0 Å². The van der Waals surface area contributed by atoms with Gasteiger partial charge in [0.05, 0.1) is 25.5 Å². The van der Waals surface area contributed by atoms with Crippen LogP contribution in [0.25, 0.3) is 0 Å². The number of hydrogen-bond donors (Lipinski definition) is 1. The summed E-state index contributed by atoms with van der Waals surface area (Å²) in [6, 6.07) is 17.0. The predicted octanol–water partition coefficient (Wildman–Crippen LogP) is 5.16. The highest BCUT2D eigenvalue weighted by Crippen LogP contribution is 2.31. The molecule has 0 bridgehead atoms. The van der Waals surface area contributed by atoms with Crippen molar-refractivity contribution in [1.29, 1.82) is 0 Å². The molecule has 1 aliphatic heterocycles. The third-order valence-corrected chi connectivity index (χ3v) is 7.19. The Kier molecular flexibility index (Phi) is 8.82. The molecule has 0 radical (unpaired) electrons. The molecule has 1 N–H and O–H groups in total. The van der Waals surface area contributed by atoms with E-state index < -0.39 is 0 Å². The molecule has 1 fully saturated rings. The van der Waals surface area contributed by atoms with E-state index in [-0.39, 0.29) is 17.7 Å². The van der Waals surface area contributed by atoms with Crippen LogP contribution in [0.3, 0.4) is 0 Å². The number of halogens is 1. The standard InChI is InChI=1S/C29H32BrN3O4/c1-19-7-9-24(28(34)31-14-11-20-8-10-25(36-2)26(17-20)37-3)27(32-19)21-12-15-33(16-13-21)29(35)22-5-4-6-23(30)18-22/h4-10,17-18,21H,11-16H2,1-3H3,(H,31,34). The lowest BCUT2D eigenvalue weighted by Gasteiger charge is -2.32. The first-order valence-corrected chi connectivity index (χ1v) is 13.2. The number of carbonyl (C=O) groups excluding carboxylic acids is 2. The highest BCUT2D eigenvalue weighted by atomic mass is 79.9. The van der Waals surface area contributed by atoms with Crippen molar-refractivity contribution in [3.05, 3.63) is 87.1 Å². The zero-order valence-electron chi connectivity index (χ0n) is 21.4. The van der Waals surface area contributed by atoms with Crippen LogP contribution in [-0.4, -0.2) is 55.6 Å². The van der Waals surface area contributed by atoms with Gasteiger partial charge in [0.1, 0.15) is 0 Å². The highest BCUT2D eigenvalue weighted by molar-refractivity contribution is 9.10. The molecule has 4 rings (SSSR count). The van der Waals surface area contributed by atoms with Crippen molar-refractivity contribution < 1.29 is 19.1 Å². The number of methoxy groups -OCH3 is 2. The van der Waals surface area contributed by atoms with Crippen molar-refractivity contribution in [1.82, 2.24) is 15.2 Å². The lowest BCUT2D eigenvalue weighted by atomic mass is 9.89. The molecule has 7 nitrogen and oxygen atoms in total. The maximum Gasteiger partial charge on any atom is 0.253 e. The Hall–Kier alpha value is -3.39. The number of amides is 2. The van der Waals surface area contributed by atoms with Gasteiger partial charge in [-0.05, 0) is 74.2 Å². The molecule has 0 atom stereocenters. The number of pyridine rings is 1. The third kappa shape index (κ3) is 6.49. The predicted molar refractivity (Wildman–Crippen MR) is 147 cm³/mol. The number of carbonyl (C=O) groups is 2. The summed E-state index contributed by atoms with van der Waals surface area (Å²) in [5.41, 5.74) is 4.02. The number of ether oxygens (including phenoxy) is 2. The van der Waals surface area contributed by atoms with E-state index in [1.165, 1.54) is 0 Å². The van der Waals surface area contributed by atoms with E-state index >= 15 is 0 Å². The number of rotatable bonds is 8.